The van der Waals surface area contributed by atoms with Crippen LogP contribution in [0.2, 0.25) is 0 Å². The van der Waals surface area contributed by atoms with Gasteiger partial charge in [0.15, 0.2) is 5.82 Å². The number of nitrogens with zero attached hydrogens (tertiary/aromatic N) is 5. The Morgan fingerprint density at radius 2 is 2.00 bits per heavy atom. The molecule has 0 bridgehead atoms. The second kappa shape index (κ2) is 6.79. The van der Waals surface area contributed by atoms with Gasteiger partial charge < -0.3 is 5.32 Å². The Hall–Kier alpha value is -2.08. The topological polar surface area (TPSA) is 66.8 Å². The number of nitrogens with one attached hydrogen (secondary N) is 1. The summed E-state index contributed by atoms with van der Waals surface area (Å²) in [6.07, 6.45) is 10.8. The van der Waals surface area contributed by atoms with Crippen LogP contribution >= 0.6 is 0 Å². The van der Waals surface area contributed by atoms with Crippen LogP contribution in [-0.4, -0.2) is 37.9 Å². The van der Waals surface area contributed by atoms with Gasteiger partial charge in [-0.3, -0.25) is 14.9 Å². The Morgan fingerprint density at radius 1 is 1.18 bits per heavy atom. The third-order valence-electron chi connectivity index (χ3n) is 3.82. The van der Waals surface area contributed by atoms with Gasteiger partial charge in [0.2, 0.25) is 0 Å². The van der Waals surface area contributed by atoms with E-state index in [2.05, 4.69) is 44.0 Å². The molecule has 0 aromatic carbocycles. The number of aromatic nitrogens is 4. The summed E-state index contributed by atoms with van der Waals surface area (Å²) in [6, 6.07) is 0.329. The molecule has 1 unspecified atom stereocenters. The molecule has 3 rings (SSSR count). The summed E-state index contributed by atoms with van der Waals surface area (Å²) >= 11 is 0. The largest absolute Gasteiger partial charge is 0.322 e. The molecule has 6 heteroatoms. The van der Waals surface area contributed by atoms with Crippen molar-refractivity contribution < 1.29 is 0 Å². The van der Waals surface area contributed by atoms with Crippen LogP contribution in [0.3, 0.4) is 0 Å². The minimum Gasteiger partial charge on any atom is -0.322 e. The van der Waals surface area contributed by atoms with E-state index >= 15 is 0 Å². The van der Waals surface area contributed by atoms with Crippen LogP contribution in [-0.2, 0) is 0 Å². The van der Waals surface area contributed by atoms with Crippen molar-refractivity contribution in [1.29, 1.82) is 0 Å². The number of anilines is 2. The molecule has 1 N–H and O–H groups in total. The summed E-state index contributed by atoms with van der Waals surface area (Å²) in [5, 5.41) is 3.25. The van der Waals surface area contributed by atoms with E-state index in [-0.39, 0.29) is 0 Å². The van der Waals surface area contributed by atoms with Crippen molar-refractivity contribution in [3.8, 4) is 0 Å². The standard InChI is InChI=1S/C16H22N6/c1-12(2)11-22-9-3-4-13(22)15-16(20-8-7-19-15)21-14-10-17-5-6-18-14/h5-8,10,12-13H,3-4,9,11H2,1-2H3,(H,18,20,21). The quantitative estimate of drug-likeness (QED) is 0.915. The van der Waals surface area contributed by atoms with Gasteiger partial charge in [-0.15, -0.1) is 0 Å². The van der Waals surface area contributed by atoms with Gasteiger partial charge in [-0.2, -0.15) is 0 Å². The predicted molar refractivity (Wildman–Crippen MR) is 85.7 cm³/mol. The summed E-state index contributed by atoms with van der Waals surface area (Å²) in [7, 11) is 0. The highest BCUT2D eigenvalue weighted by Gasteiger charge is 2.29. The van der Waals surface area contributed by atoms with Gasteiger partial charge in [0.25, 0.3) is 0 Å². The van der Waals surface area contributed by atoms with E-state index in [0.29, 0.717) is 17.8 Å². The second-order valence-corrected chi connectivity index (χ2v) is 6.05. The van der Waals surface area contributed by atoms with Crippen LogP contribution in [0.5, 0.6) is 0 Å². The van der Waals surface area contributed by atoms with E-state index < -0.39 is 0 Å². The number of hydrogen-bond donors (Lipinski definition) is 1. The lowest BCUT2D eigenvalue weighted by molar-refractivity contribution is 0.225. The number of rotatable bonds is 5. The van der Waals surface area contributed by atoms with Gasteiger partial charge in [-0.25, -0.2) is 9.97 Å². The molecule has 1 aliphatic rings. The molecule has 3 heterocycles. The first kappa shape index (κ1) is 14.8. The van der Waals surface area contributed by atoms with Crippen LogP contribution in [0, 0.1) is 5.92 Å². The zero-order valence-corrected chi connectivity index (χ0v) is 13.1. The van der Waals surface area contributed by atoms with Crippen molar-refractivity contribution in [3.05, 3.63) is 36.7 Å². The first-order chi connectivity index (χ1) is 10.7. The molecular formula is C16H22N6. The molecule has 0 aliphatic carbocycles. The Kier molecular flexibility index (Phi) is 4.58. The molecule has 116 valence electrons. The molecule has 6 nitrogen and oxygen atoms in total. The van der Waals surface area contributed by atoms with Crippen molar-refractivity contribution in [1.82, 2.24) is 24.8 Å². The highest BCUT2D eigenvalue weighted by molar-refractivity contribution is 5.53. The monoisotopic (exact) mass is 298 g/mol. The SMILES string of the molecule is CC(C)CN1CCCC1c1nccnc1Nc1cnccn1. The smallest absolute Gasteiger partial charge is 0.154 e. The molecule has 1 atom stereocenters. The summed E-state index contributed by atoms with van der Waals surface area (Å²) < 4.78 is 0. The van der Waals surface area contributed by atoms with Crippen molar-refractivity contribution >= 4 is 11.6 Å². The Balaban J connectivity index is 1.84. The molecule has 22 heavy (non-hydrogen) atoms. The Labute approximate surface area is 131 Å². The lowest BCUT2D eigenvalue weighted by Crippen LogP contribution is -2.28. The fourth-order valence-corrected chi connectivity index (χ4v) is 3.00. The maximum atomic E-state index is 4.60. The minimum absolute atomic E-state index is 0.329. The van der Waals surface area contributed by atoms with E-state index in [9.17, 15) is 0 Å². The van der Waals surface area contributed by atoms with Crippen molar-refractivity contribution in [2.45, 2.75) is 32.7 Å². The van der Waals surface area contributed by atoms with Crippen LogP contribution in [0.15, 0.2) is 31.0 Å². The van der Waals surface area contributed by atoms with E-state index in [1.807, 2.05) is 0 Å². The Bertz CT molecular complexity index is 601. The molecule has 1 fully saturated rings. The first-order valence-electron chi connectivity index (χ1n) is 7.82. The van der Waals surface area contributed by atoms with E-state index in [1.54, 1.807) is 31.0 Å². The average molecular weight is 298 g/mol. The summed E-state index contributed by atoms with van der Waals surface area (Å²) in [5.41, 5.74) is 1.01. The summed E-state index contributed by atoms with van der Waals surface area (Å²) in [4.78, 5) is 19.9. The highest BCUT2D eigenvalue weighted by atomic mass is 15.2. The normalized spacial score (nSPS) is 18.8. The third kappa shape index (κ3) is 3.39. The van der Waals surface area contributed by atoms with E-state index in [1.165, 1.54) is 6.42 Å². The summed E-state index contributed by atoms with van der Waals surface area (Å²) in [6.45, 7) is 6.73. The van der Waals surface area contributed by atoms with Gasteiger partial charge in [0.05, 0.1) is 12.2 Å². The predicted octanol–water partition coefficient (Wildman–Crippen LogP) is 2.80. The summed E-state index contributed by atoms with van der Waals surface area (Å²) in [5.74, 6) is 2.12. The van der Waals surface area contributed by atoms with Crippen molar-refractivity contribution in [2.75, 3.05) is 18.4 Å². The number of likely N-dealkylation sites (tertiary alicyclic amines) is 1. The zero-order valence-electron chi connectivity index (χ0n) is 13.1. The molecule has 0 radical (unpaired) electrons. The lowest BCUT2D eigenvalue weighted by atomic mass is 10.1. The minimum atomic E-state index is 0.329. The zero-order chi connectivity index (χ0) is 15.4. The maximum Gasteiger partial charge on any atom is 0.154 e. The first-order valence-corrected chi connectivity index (χ1v) is 7.82. The Morgan fingerprint density at radius 3 is 2.77 bits per heavy atom. The fraction of sp³-hybridized carbons (Fsp3) is 0.500. The van der Waals surface area contributed by atoms with Gasteiger partial charge >= 0.3 is 0 Å². The highest BCUT2D eigenvalue weighted by Crippen LogP contribution is 2.34. The average Bonchev–Trinajstić information content (AvgIpc) is 2.96. The molecule has 2 aromatic rings. The van der Waals surface area contributed by atoms with Crippen LogP contribution in [0.1, 0.15) is 38.4 Å². The van der Waals surface area contributed by atoms with Gasteiger partial charge in [-0.1, -0.05) is 13.8 Å². The van der Waals surface area contributed by atoms with Crippen LogP contribution in [0.25, 0.3) is 0 Å². The van der Waals surface area contributed by atoms with Crippen molar-refractivity contribution in [3.63, 3.8) is 0 Å². The number of hydrogen-bond acceptors (Lipinski definition) is 6. The molecule has 0 saturated carbocycles. The van der Waals surface area contributed by atoms with E-state index in [0.717, 1.165) is 31.0 Å². The lowest BCUT2D eigenvalue weighted by Gasteiger charge is -2.26. The molecule has 0 amide bonds. The van der Waals surface area contributed by atoms with Gasteiger partial charge in [-0.05, 0) is 25.3 Å². The van der Waals surface area contributed by atoms with Crippen LogP contribution < -0.4 is 5.32 Å². The second-order valence-electron chi connectivity index (χ2n) is 6.05. The van der Waals surface area contributed by atoms with E-state index in [4.69, 9.17) is 0 Å². The maximum absolute atomic E-state index is 4.60. The molecular weight excluding hydrogens is 276 g/mol. The molecule has 1 aliphatic heterocycles. The van der Waals surface area contributed by atoms with Gasteiger partial charge in [0.1, 0.15) is 11.5 Å². The molecule has 2 aromatic heterocycles. The van der Waals surface area contributed by atoms with Crippen molar-refractivity contribution in [2.24, 2.45) is 5.92 Å². The third-order valence-corrected chi connectivity index (χ3v) is 3.82. The van der Waals surface area contributed by atoms with Crippen LogP contribution in [0.4, 0.5) is 11.6 Å². The fourth-order valence-electron chi connectivity index (χ4n) is 3.00. The molecule has 0 spiro atoms. The molecule has 1 saturated heterocycles. The van der Waals surface area contributed by atoms with Gasteiger partial charge in [0, 0.05) is 31.3 Å².